The monoisotopic (exact) mass is 274 g/mol. The summed E-state index contributed by atoms with van der Waals surface area (Å²) in [5, 5.41) is 7.03. The van der Waals surface area contributed by atoms with Crippen LogP contribution in [0.15, 0.2) is 11.2 Å². The Bertz CT molecular complexity index is 387. The molecule has 1 aromatic heterocycles. The molecule has 0 aliphatic rings. The van der Waals surface area contributed by atoms with E-state index in [0.29, 0.717) is 12.3 Å². The third kappa shape index (κ3) is 5.36. The molecule has 1 atom stereocenters. The van der Waals surface area contributed by atoms with E-state index >= 15 is 0 Å². The Labute approximate surface area is 109 Å². The van der Waals surface area contributed by atoms with Crippen LogP contribution in [0.2, 0.25) is 0 Å². The molecule has 0 aliphatic carbocycles. The Kier molecular flexibility index (Phi) is 6.28. The van der Waals surface area contributed by atoms with Crippen molar-refractivity contribution in [3.05, 3.63) is 6.07 Å². The maximum Gasteiger partial charge on any atom is 0.191 e. The molecule has 1 unspecified atom stereocenters. The van der Waals surface area contributed by atoms with Gasteiger partial charge in [0.1, 0.15) is 11.6 Å². The third-order valence-electron chi connectivity index (χ3n) is 1.94. The first kappa shape index (κ1) is 14.2. The molecule has 1 rings (SSSR count). The zero-order valence-electron chi connectivity index (χ0n) is 10.3. The van der Waals surface area contributed by atoms with Crippen molar-refractivity contribution in [1.29, 1.82) is 0 Å². The van der Waals surface area contributed by atoms with Crippen LogP contribution >= 0.6 is 11.8 Å². The predicted octanol–water partition coefficient (Wildman–Crippen LogP) is 1.42. The fourth-order valence-corrected chi connectivity index (χ4v) is 1.97. The van der Waals surface area contributed by atoms with Gasteiger partial charge in [-0.1, -0.05) is 11.8 Å². The average molecular weight is 274 g/mol. The maximum absolute atomic E-state index is 10.9. The first-order valence-electron chi connectivity index (χ1n) is 5.36. The molecular weight excluding hydrogens is 256 g/mol. The number of nitrogens with zero attached hydrogens (tertiary/aromatic N) is 2. The Balaban J connectivity index is 2.69. The highest BCUT2D eigenvalue weighted by Gasteiger charge is 2.03. The molecule has 7 heteroatoms. The van der Waals surface area contributed by atoms with E-state index in [9.17, 15) is 4.21 Å². The van der Waals surface area contributed by atoms with Crippen molar-refractivity contribution >= 4 is 34.2 Å². The van der Waals surface area contributed by atoms with Gasteiger partial charge in [0, 0.05) is 42.0 Å². The smallest absolute Gasteiger partial charge is 0.191 e. The second kappa shape index (κ2) is 7.50. The minimum absolute atomic E-state index is 0.620. The van der Waals surface area contributed by atoms with Gasteiger partial charge in [0.15, 0.2) is 5.16 Å². The second-order valence-electron chi connectivity index (χ2n) is 3.36. The summed E-state index contributed by atoms with van der Waals surface area (Å²) < 4.78 is 10.9. The van der Waals surface area contributed by atoms with E-state index < -0.39 is 10.8 Å². The van der Waals surface area contributed by atoms with E-state index in [-0.39, 0.29) is 0 Å². The first-order chi connectivity index (χ1) is 8.15. The van der Waals surface area contributed by atoms with Gasteiger partial charge in [-0.05, 0) is 13.2 Å². The standard InChI is InChI=1S/C10H18N4OS2/c1-4-11-8-7-9(12-5-6-17(3)15)14-10(13-8)16-2/h7H,4-6H2,1-3H3,(H2,11,12,13,14). The lowest BCUT2D eigenvalue weighted by Gasteiger charge is -2.09. The molecule has 17 heavy (non-hydrogen) atoms. The molecular formula is C10H18N4OS2. The van der Waals surface area contributed by atoms with Crippen LogP contribution in [0.3, 0.4) is 0 Å². The van der Waals surface area contributed by atoms with Gasteiger partial charge in [0.05, 0.1) is 0 Å². The number of nitrogens with one attached hydrogen (secondary N) is 2. The number of hydrogen-bond acceptors (Lipinski definition) is 6. The van der Waals surface area contributed by atoms with Crippen LogP contribution in [-0.2, 0) is 10.8 Å². The number of anilines is 2. The van der Waals surface area contributed by atoms with E-state index in [4.69, 9.17) is 0 Å². The van der Waals surface area contributed by atoms with Gasteiger partial charge >= 0.3 is 0 Å². The van der Waals surface area contributed by atoms with Crippen LogP contribution in [0.25, 0.3) is 0 Å². The van der Waals surface area contributed by atoms with Crippen LogP contribution in [0, 0.1) is 0 Å². The lowest BCUT2D eigenvalue weighted by molar-refractivity contribution is 0.687. The van der Waals surface area contributed by atoms with Gasteiger partial charge in [0.2, 0.25) is 0 Å². The lowest BCUT2D eigenvalue weighted by atomic mass is 10.5. The van der Waals surface area contributed by atoms with Gasteiger partial charge in [-0.3, -0.25) is 4.21 Å². The molecule has 96 valence electrons. The number of aromatic nitrogens is 2. The van der Waals surface area contributed by atoms with E-state index in [1.807, 2.05) is 19.2 Å². The summed E-state index contributed by atoms with van der Waals surface area (Å²) in [5.41, 5.74) is 0. The summed E-state index contributed by atoms with van der Waals surface area (Å²) in [4.78, 5) is 8.66. The van der Waals surface area contributed by atoms with Crippen LogP contribution in [0.4, 0.5) is 11.6 Å². The van der Waals surface area contributed by atoms with Crippen molar-refractivity contribution in [3.8, 4) is 0 Å². The summed E-state index contributed by atoms with van der Waals surface area (Å²) in [6.07, 6.45) is 3.63. The fourth-order valence-electron chi connectivity index (χ4n) is 1.20. The molecule has 2 N–H and O–H groups in total. The quantitative estimate of drug-likeness (QED) is 0.579. The van der Waals surface area contributed by atoms with Crippen LogP contribution in [-0.4, -0.2) is 45.5 Å². The van der Waals surface area contributed by atoms with Gasteiger partial charge < -0.3 is 10.6 Å². The zero-order valence-corrected chi connectivity index (χ0v) is 12.0. The number of hydrogen-bond donors (Lipinski definition) is 2. The highest BCUT2D eigenvalue weighted by atomic mass is 32.2. The van der Waals surface area contributed by atoms with Crippen molar-refractivity contribution in [2.45, 2.75) is 12.1 Å². The molecule has 0 spiro atoms. The van der Waals surface area contributed by atoms with Crippen LogP contribution < -0.4 is 10.6 Å². The van der Waals surface area contributed by atoms with Gasteiger partial charge in [0.25, 0.3) is 0 Å². The number of rotatable bonds is 7. The molecule has 0 amide bonds. The Morgan fingerprint density at radius 2 is 2.00 bits per heavy atom. The van der Waals surface area contributed by atoms with Crippen molar-refractivity contribution in [3.63, 3.8) is 0 Å². The van der Waals surface area contributed by atoms with Gasteiger partial charge in [-0.25, -0.2) is 9.97 Å². The molecule has 0 radical (unpaired) electrons. The number of thioether (sulfide) groups is 1. The van der Waals surface area contributed by atoms with E-state index in [2.05, 4.69) is 20.6 Å². The molecule has 0 bridgehead atoms. The maximum atomic E-state index is 10.9. The summed E-state index contributed by atoms with van der Waals surface area (Å²) in [7, 11) is -0.782. The largest absolute Gasteiger partial charge is 0.370 e. The minimum Gasteiger partial charge on any atom is -0.370 e. The molecule has 0 fully saturated rings. The van der Waals surface area contributed by atoms with Gasteiger partial charge in [-0.15, -0.1) is 0 Å². The Hall–Kier alpha value is -0.820. The van der Waals surface area contributed by atoms with Crippen LogP contribution in [0.5, 0.6) is 0 Å². The van der Waals surface area contributed by atoms with E-state index in [1.165, 1.54) is 11.8 Å². The molecule has 5 nitrogen and oxygen atoms in total. The van der Waals surface area contributed by atoms with Gasteiger partial charge in [-0.2, -0.15) is 0 Å². The second-order valence-corrected chi connectivity index (χ2v) is 5.69. The fraction of sp³-hybridized carbons (Fsp3) is 0.600. The third-order valence-corrected chi connectivity index (χ3v) is 3.27. The molecule has 0 aromatic carbocycles. The summed E-state index contributed by atoms with van der Waals surface area (Å²) in [6.45, 7) is 3.50. The van der Waals surface area contributed by atoms with Crippen molar-refractivity contribution in [1.82, 2.24) is 9.97 Å². The summed E-state index contributed by atoms with van der Waals surface area (Å²) in [6, 6.07) is 1.86. The molecule has 1 aromatic rings. The van der Waals surface area contributed by atoms with Crippen molar-refractivity contribution < 1.29 is 4.21 Å². The molecule has 0 saturated carbocycles. The zero-order chi connectivity index (χ0) is 12.7. The highest BCUT2D eigenvalue weighted by Crippen LogP contribution is 2.16. The predicted molar refractivity (Wildman–Crippen MR) is 75.4 cm³/mol. The Morgan fingerprint density at radius 3 is 2.53 bits per heavy atom. The van der Waals surface area contributed by atoms with Crippen LogP contribution in [0.1, 0.15) is 6.92 Å². The minimum atomic E-state index is -0.782. The summed E-state index contributed by atoms with van der Waals surface area (Å²) in [5.74, 6) is 2.20. The normalized spacial score (nSPS) is 12.2. The first-order valence-corrected chi connectivity index (χ1v) is 8.31. The SMILES string of the molecule is CCNc1cc(NCCS(C)=O)nc(SC)n1. The molecule has 0 aliphatic heterocycles. The highest BCUT2D eigenvalue weighted by molar-refractivity contribution is 7.98. The van der Waals surface area contributed by atoms with Crippen molar-refractivity contribution in [2.75, 3.05) is 42.0 Å². The van der Waals surface area contributed by atoms with Crippen molar-refractivity contribution in [2.24, 2.45) is 0 Å². The lowest BCUT2D eigenvalue weighted by Crippen LogP contribution is -2.12. The summed E-state index contributed by atoms with van der Waals surface area (Å²) >= 11 is 1.50. The Morgan fingerprint density at radius 1 is 1.35 bits per heavy atom. The molecule has 1 heterocycles. The van der Waals surface area contributed by atoms with E-state index in [0.717, 1.165) is 23.3 Å². The topological polar surface area (TPSA) is 66.9 Å². The average Bonchev–Trinajstić information content (AvgIpc) is 2.28. The van der Waals surface area contributed by atoms with E-state index in [1.54, 1.807) is 6.26 Å². The molecule has 0 saturated heterocycles.